The van der Waals surface area contributed by atoms with Gasteiger partial charge in [-0.05, 0) is 24.3 Å². The molecule has 0 aliphatic heterocycles. The predicted molar refractivity (Wildman–Crippen MR) is 74.0 cm³/mol. The molecule has 2 aromatic rings. The fourth-order valence-electron chi connectivity index (χ4n) is 1.72. The summed E-state index contributed by atoms with van der Waals surface area (Å²) in [4.78, 5) is 23.5. The Hall–Kier alpha value is -2.62. The molecule has 102 valence electrons. The molecule has 0 heterocycles. The van der Waals surface area contributed by atoms with E-state index in [-0.39, 0.29) is 30.1 Å². The van der Waals surface area contributed by atoms with Crippen molar-refractivity contribution in [2.24, 2.45) is 0 Å². The van der Waals surface area contributed by atoms with Gasteiger partial charge < -0.3 is 9.84 Å². The summed E-state index contributed by atoms with van der Waals surface area (Å²) in [5.74, 6) is -0.281. The lowest BCUT2D eigenvalue weighted by atomic mass is 10.1. The van der Waals surface area contributed by atoms with Gasteiger partial charge >= 0.3 is 0 Å². The molecule has 0 amide bonds. The maximum atomic E-state index is 11.9. The Morgan fingerprint density at radius 1 is 0.950 bits per heavy atom. The molecular formula is C16H14O4. The van der Waals surface area contributed by atoms with Crippen LogP contribution in [0.3, 0.4) is 0 Å². The molecule has 0 aliphatic carbocycles. The van der Waals surface area contributed by atoms with Gasteiger partial charge in [-0.2, -0.15) is 0 Å². The number of phenols is 1. The molecule has 0 saturated carbocycles. The molecule has 4 nitrogen and oxygen atoms in total. The SMILES string of the molecule is O=C(COc1ccccc1)CC(=O)c1ccccc1O. The first-order chi connectivity index (χ1) is 9.66. The smallest absolute Gasteiger partial charge is 0.177 e. The quantitative estimate of drug-likeness (QED) is 0.647. The van der Waals surface area contributed by atoms with E-state index in [4.69, 9.17) is 4.74 Å². The van der Waals surface area contributed by atoms with Gasteiger partial charge in [-0.3, -0.25) is 9.59 Å². The van der Waals surface area contributed by atoms with Crippen molar-refractivity contribution in [2.45, 2.75) is 6.42 Å². The lowest BCUT2D eigenvalue weighted by Crippen LogP contribution is -2.16. The van der Waals surface area contributed by atoms with Gasteiger partial charge in [0.25, 0.3) is 0 Å². The molecule has 0 aliphatic rings. The van der Waals surface area contributed by atoms with Crippen LogP contribution in [0.25, 0.3) is 0 Å². The molecule has 0 bridgehead atoms. The molecule has 0 spiro atoms. The van der Waals surface area contributed by atoms with Gasteiger partial charge in [0.2, 0.25) is 0 Å². The van der Waals surface area contributed by atoms with Gasteiger partial charge in [-0.15, -0.1) is 0 Å². The van der Waals surface area contributed by atoms with Crippen molar-refractivity contribution < 1.29 is 19.4 Å². The average Bonchev–Trinajstić information content (AvgIpc) is 2.46. The maximum absolute atomic E-state index is 11.9. The molecular weight excluding hydrogens is 256 g/mol. The summed E-state index contributed by atoms with van der Waals surface area (Å²) in [6, 6.07) is 15.1. The highest BCUT2D eigenvalue weighted by Gasteiger charge is 2.15. The summed E-state index contributed by atoms with van der Waals surface area (Å²) in [5.41, 5.74) is 0.153. The van der Waals surface area contributed by atoms with E-state index in [2.05, 4.69) is 0 Å². The Morgan fingerprint density at radius 3 is 2.30 bits per heavy atom. The number of hydrogen-bond acceptors (Lipinski definition) is 4. The Morgan fingerprint density at radius 2 is 1.60 bits per heavy atom. The Balaban J connectivity index is 1.89. The van der Waals surface area contributed by atoms with E-state index in [1.165, 1.54) is 12.1 Å². The van der Waals surface area contributed by atoms with Crippen LogP contribution in [-0.4, -0.2) is 23.3 Å². The third-order valence-electron chi connectivity index (χ3n) is 2.71. The highest BCUT2D eigenvalue weighted by Crippen LogP contribution is 2.17. The van der Waals surface area contributed by atoms with Crippen LogP contribution in [0.5, 0.6) is 11.5 Å². The standard InChI is InChI=1S/C16H14O4/c17-12(11-20-13-6-2-1-3-7-13)10-16(19)14-8-4-5-9-15(14)18/h1-9,18H,10-11H2. The van der Waals surface area contributed by atoms with Gasteiger partial charge in [0.05, 0.1) is 12.0 Å². The topological polar surface area (TPSA) is 63.6 Å². The normalized spacial score (nSPS) is 10.0. The largest absolute Gasteiger partial charge is 0.507 e. The van der Waals surface area contributed by atoms with E-state index in [0.717, 1.165) is 0 Å². The minimum atomic E-state index is -0.412. The lowest BCUT2D eigenvalue weighted by Gasteiger charge is -2.05. The van der Waals surface area contributed by atoms with Crippen LogP contribution in [0.15, 0.2) is 54.6 Å². The van der Waals surface area contributed by atoms with E-state index >= 15 is 0 Å². The van der Waals surface area contributed by atoms with Crippen molar-refractivity contribution in [1.82, 2.24) is 0 Å². The van der Waals surface area contributed by atoms with Crippen molar-refractivity contribution in [1.29, 1.82) is 0 Å². The zero-order chi connectivity index (χ0) is 14.4. The number of ketones is 2. The summed E-state index contributed by atoms with van der Waals surface area (Å²) in [5, 5.41) is 9.54. The van der Waals surface area contributed by atoms with Gasteiger partial charge in [0, 0.05) is 0 Å². The average molecular weight is 270 g/mol. The van der Waals surface area contributed by atoms with E-state index in [0.29, 0.717) is 5.75 Å². The zero-order valence-corrected chi connectivity index (χ0v) is 10.8. The van der Waals surface area contributed by atoms with Crippen molar-refractivity contribution in [3.8, 4) is 11.5 Å². The highest BCUT2D eigenvalue weighted by atomic mass is 16.5. The molecule has 0 radical (unpaired) electrons. The molecule has 2 aromatic carbocycles. The number of rotatable bonds is 6. The van der Waals surface area contributed by atoms with Crippen LogP contribution in [0.1, 0.15) is 16.8 Å². The van der Waals surface area contributed by atoms with Crippen molar-refractivity contribution >= 4 is 11.6 Å². The minimum absolute atomic E-state index is 0.116. The van der Waals surface area contributed by atoms with E-state index in [1.54, 1.807) is 36.4 Å². The molecule has 20 heavy (non-hydrogen) atoms. The highest BCUT2D eigenvalue weighted by molar-refractivity contribution is 6.09. The fraction of sp³-hybridized carbons (Fsp3) is 0.125. The summed E-state index contributed by atoms with van der Waals surface area (Å²) in [7, 11) is 0. The molecule has 2 rings (SSSR count). The number of carbonyl (C=O) groups is 2. The van der Waals surface area contributed by atoms with E-state index in [1.807, 2.05) is 6.07 Å². The van der Waals surface area contributed by atoms with Crippen molar-refractivity contribution in [3.63, 3.8) is 0 Å². The maximum Gasteiger partial charge on any atom is 0.177 e. The number of benzene rings is 2. The number of hydrogen-bond donors (Lipinski definition) is 1. The number of phenolic OH excluding ortho intramolecular Hbond substituents is 1. The summed E-state index contributed by atoms with van der Waals surface area (Å²) in [6.07, 6.45) is -0.287. The second-order valence-corrected chi connectivity index (χ2v) is 4.26. The first-order valence-corrected chi connectivity index (χ1v) is 6.17. The molecule has 0 unspecified atom stereocenters. The van der Waals surface area contributed by atoms with Gasteiger partial charge in [-0.25, -0.2) is 0 Å². The molecule has 1 N–H and O–H groups in total. The number of para-hydroxylation sites is 2. The van der Waals surface area contributed by atoms with Gasteiger partial charge in [-0.1, -0.05) is 30.3 Å². The second kappa shape index (κ2) is 6.52. The molecule has 4 heteroatoms. The van der Waals surface area contributed by atoms with E-state index in [9.17, 15) is 14.7 Å². The van der Waals surface area contributed by atoms with Gasteiger partial charge in [0.15, 0.2) is 11.6 Å². The minimum Gasteiger partial charge on any atom is -0.507 e. The molecule has 0 saturated heterocycles. The Bertz CT molecular complexity index is 605. The third-order valence-corrected chi connectivity index (χ3v) is 2.71. The monoisotopic (exact) mass is 270 g/mol. The number of aromatic hydroxyl groups is 1. The molecule has 0 fully saturated rings. The predicted octanol–water partition coefficient (Wildman–Crippen LogP) is 2.61. The van der Waals surface area contributed by atoms with Crippen LogP contribution in [-0.2, 0) is 4.79 Å². The number of ether oxygens (including phenoxy) is 1. The van der Waals surface area contributed by atoms with Crippen LogP contribution < -0.4 is 4.74 Å². The fourth-order valence-corrected chi connectivity index (χ4v) is 1.72. The summed E-state index contributed by atoms with van der Waals surface area (Å²) in [6.45, 7) is -0.163. The first-order valence-electron chi connectivity index (χ1n) is 6.17. The number of Topliss-reactive ketones (excluding diaryl/α,β-unsaturated/α-hetero) is 2. The zero-order valence-electron chi connectivity index (χ0n) is 10.8. The van der Waals surface area contributed by atoms with Crippen LogP contribution in [0, 0.1) is 0 Å². The Kier molecular flexibility index (Phi) is 4.50. The summed E-state index contributed by atoms with van der Waals surface area (Å²) < 4.78 is 5.27. The van der Waals surface area contributed by atoms with Crippen LogP contribution >= 0.6 is 0 Å². The second-order valence-electron chi connectivity index (χ2n) is 4.26. The van der Waals surface area contributed by atoms with Crippen LogP contribution in [0.2, 0.25) is 0 Å². The molecule has 0 aromatic heterocycles. The number of carbonyl (C=O) groups excluding carboxylic acids is 2. The molecule has 0 atom stereocenters. The summed E-state index contributed by atoms with van der Waals surface area (Å²) >= 11 is 0. The van der Waals surface area contributed by atoms with Gasteiger partial charge in [0.1, 0.15) is 18.1 Å². The van der Waals surface area contributed by atoms with Crippen LogP contribution in [0.4, 0.5) is 0 Å². The van der Waals surface area contributed by atoms with E-state index < -0.39 is 5.78 Å². The van der Waals surface area contributed by atoms with Crippen molar-refractivity contribution in [3.05, 3.63) is 60.2 Å². The third kappa shape index (κ3) is 3.68. The lowest BCUT2D eigenvalue weighted by molar-refractivity contribution is -0.120. The first kappa shape index (κ1) is 13.8. The Labute approximate surface area is 116 Å². The van der Waals surface area contributed by atoms with Crippen molar-refractivity contribution in [2.75, 3.05) is 6.61 Å².